The molecule has 4 rings (SSSR count). The Kier molecular flexibility index (Phi) is 6.24. The maximum atomic E-state index is 15.1. The lowest BCUT2D eigenvalue weighted by atomic mass is 9.99. The van der Waals surface area contributed by atoms with Gasteiger partial charge in [-0.15, -0.1) is 0 Å². The second-order valence-electron chi connectivity index (χ2n) is 7.42. The summed E-state index contributed by atoms with van der Waals surface area (Å²) in [7, 11) is 0. The summed E-state index contributed by atoms with van der Waals surface area (Å²) in [6.07, 6.45) is 6.30. The van der Waals surface area contributed by atoms with Gasteiger partial charge in [0.25, 0.3) is 0 Å². The summed E-state index contributed by atoms with van der Waals surface area (Å²) >= 11 is 0. The number of rotatable bonds is 4. The molecule has 0 aliphatic rings. The highest BCUT2D eigenvalue weighted by Gasteiger charge is 2.09. The summed E-state index contributed by atoms with van der Waals surface area (Å²) in [5.74, 6) is 5.71. The Balaban J connectivity index is 1.56. The first-order valence-electron chi connectivity index (χ1n) is 10.3. The Bertz CT molecular complexity index is 1290. The smallest absolute Gasteiger partial charge is 0.138 e. The molecule has 0 heterocycles. The summed E-state index contributed by atoms with van der Waals surface area (Å²) < 4.78 is 28.2. The van der Waals surface area contributed by atoms with Crippen molar-refractivity contribution in [2.45, 2.75) is 19.8 Å². The van der Waals surface area contributed by atoms with Gasteiger partial charge in [0.15, 0.2) is 0 Å². The number of aryl methyl sites for hydroxylation is 1. The van der Waals surface area contributed by atoms with Gasteiger partial charge in [0.2, 0.25) is 0 Å². The zero-order valence-corrected chi connectivity index (χ0v) is 17.3. The SMILES string of the molecule is C/C=C/CCc1ccc(C#Cc2ccc3c(F)c(-c4ccc(F)cc4)ccc3c2)cc1. The van der Waals surface area contributed by atoms with Gasteiger partial charge in [-0.2, -0.15) is 0 Å². The summed E-state index contributed by atoms with van der Waals surface area (Å²) in [5, 5.41) is 1.31. The van der Waals surface area contributed by atoms with E-state index in [1.165, 1.54) is 17.7 Å². The molecule has 0 atom stereocenters. The van der Waals surface area contributed by atoms with Crippen LogP contribution in [0.25, 0.3) is 21.9 Å². The molecule has 0 nitrogen and oxygen atoms in total. The van der Waals surface area contributed by atoms with E-state index in [2.05, 4.69) is 36.1 Å². The van der Waals surface area contributed by atoms with Crippen LogP contribution in [0.2, 0.25) is 0 Å². The Morgan fingerprint density at radius 2 is 1.48 bits per heavy atom. The van der Waals surface area contributed by atoms with Crippen LogP contribution in [0.4, 0.5) is 8.78 Å². The highest BCUT2D eigenvalue weighted by atomic mass is 19.1. The van der Waals surface area contributed by atoms with E-state index in [9.17, 15) is 4.39 Å². The minimum Gasteiger partial charge on any atom is -0.207 e. The van der Waals surface area contributed by atoms with E-state index in [0.717, 1.165) is 29.4 Å². The molecule has 2 heteroatoms. The molecule has 0 bridgehead atoms. The van der Waals surface area contributed by atoms with Gasteiger partial charge < -0.3 is 0 Å². The van der Waals surface area contributed by atoms with Crippen LogP contribution in [0.3, 0.4) is 0 Å². The third-order valence-electron chi connectivity index (χ3n) is 5.25. The van der Waals surface area contributed by atoms with Crippen molar-refractivity contribution in [3.05, 3.63) is 119 Å². The summed E-state index contributed by atoms with van der Waals surface area (Å²) in [4.78, 5) is 0. The Morgan fingerprint density at radius 1 is 0.774 bits per heavy atom. The van der Waals surface area contributed by atoms with Gasteiger partial charge in [0, 0.05) is 22.1 Å². The van der Waals surface area contributed by atoms with E-state index in [1.807, 2.05) is 37.3 Å². The van der Waals surface area contributed by atoms with Crippen molar-refractivity contribution in [1.29, 1.82) is 0 Å². The average Bonchev–Trinajstić information content (AvgIpc) is 2.80. The van der Waals surface area contributed by atoms with Gasteiger partial charge >= 0.3 is 0 Å². The molecule has 0 saturated carbocycles. The first-order valence-corrected chi connectivity index (χ1v) is 10.3. The molecule has 0 saturated heterocycles. The van der Waals surface area contributed by atoms with E-state index >= 15 is 4.39 Å². The van der Waals surface area contributed by atoms with E-state index in [4.69, 9.17) is 0 Å². The Morgan fingerprint density at radius 3 is 2.23 bits per heavy atom. The highest BCUT2D eigenvalue weighted by molar-refractivity contribution is 5.89. The molecule has 0 radical (unpaired) electrons. The Labute approximate surface area is 181 Å². The number of benzene rings is 4. The average molecular weight is 408 g/mol. The van der Waals surface area contributed by atoms with Crippen LogP contribution in [0, 0.1) is 23.5 Å². The summed E-state index contributed by atoms with van der Waals surface area (Å²) in [6, 6.07) is 23.2. The second kappa shape index (κ2) is 9.41. The monoisotopic (exact) mass is 408 g/mol. The third kappa shape index (κ3) is 4.90. The van der Waals surface area contributed by atoms with Gasteiger partial charge in [-0.3, -0.25) is 0 Å². The standard InChI is InChI=1S/C29H22F2/c1-2-3-4-5-21-6-8-22(9-7-21)10-11-23-12-18-28-25(20-23)15-19-27(29(28)31)24-13-16-26(30)17-14-24/h2-3,6-9,12-20H,4-5H2,1H3/b3-2+. The van der Waals surface area contributed by atoms with Crippen molar-refractivity contribution in [3.63, 3.8) is 0 Å². The van der Waals surface area contributed by atoms with Gasteiger partial charge in [0.05, 0.1) is 0 Å². The van der Waals surface area contributed by atoms with Crippen LogP contribution in [-0.4, -0.2) is 0 Å². The molecule has 0 spiro atoms. The number of hydrogen-bond donors (Lipinski definition) is 0. The highest BCUT2D eigenvalue weighted by Crippen LogP contribution is 2.29. The molecule has 0 unspecified atom stereocenters. The second-order valence-corrected chi connectivity index (χ2v) is 7.42. The quantitative estimate of drug-likeness (QED) is 0.240. The van der Waals surface area contributed by atoms with Crippen molar-refractivity contribution in [2.75, 3.05) is 0 Å². The van der Waals surface area contributed by atoms with Crippen LogP contribution in [-0.2, 0) is 6.42 Å². The molecule has 0 aliphatic heterocycles. The van der Waals surface area contributed by atoms with Crippen molar-refractivity contribution in [1.82, 2.24) is 0 Å². The maximum Gasteiger partial charge on any atom is 0.138 e. The van der Waals surface area contributed by atoms with Crippen LogP contribution < -0.4 is 0 Å². The predicted molar refractivity (Wildman–Crippen MR) is 125 cm³/mol. The van der Waals surface area contributed by atoms with Gasteiger partial charge in [0.1, 0.15) is 11.6 Å². The van der Waals surface area contributed by atoms with Crippen LogP contribution in [0.5, 0.6) is 0 Å². The Hall–Kier alpha value is -3.70. The number of allylic oxidation sites excluding steroid dienone is 2. The fraction of sp³-hybridized carbons (Fsp3) is 0.103. The fourth-order valence-electron chi connectivity index (χ4n) is 3.54. The van der Waals surface area contributed by atoms with Crippen molar-refractivity contribution >= 4 is 10.8 Å². The number of halogens is 2. The number of fused-ring (bicyclic) bond motifs is 1. The molecule has 0 amide bonds. The third-order valence-corrected chi connectivity index (χ3v) is 5.25. The zero-order chi connectivity index (χ0) is 21.6. The van der Waals surface area contributed by atoms with Crippen LogP contribution in [0.15, 0.2) is 91.0 Å². The molecule has 152 valence electrons. The van der Waals surface area contributed by atoms with Crippen molar-refractivity contribution < 1.29 is 8.78 Å². The largest absolute Gasteiger partial charge is 0.207 e. The molecule has 0 N–H and O–H groups in total. The minimum absolute atomic E-state index is 0.308. The summed E-state index contributed by atoms with van der Waals surface area (Å²) in [5.41, 5.74) is 4.19. The molecular formula is C29H22F2. The van der Waals surface area contributed by atoms with Crippen molar-refractivity contribution in [3.8, 4) is 23.0 Å². The molecule has 0 aliphatic carbocycles. The first-order chi connectivity index (χ1) is 15.1. The molecule has 0 fully saturated rings. The predicted octanol–water partition coefficient (Wildman–Crippen LogP) is 7.69. The number of hydrogen-bond acceptors (Lipinski definition) is 0. The van der Waals surface area contributed by atoms with Crippen LogP contribution >= 0.6 is 0 Å². The lowest BCUT2D eigenvalue weighted by Gasteiger charge is -2.07. The molecular weight excluding hydrogens is 386 g/mol. The summed E-state index contributed by atoms with van der Waals surface area (Å²) in [6.45, 7) is 2.03. The normalized spacial score (nSPS) is 10.9. The van der Waals surface area contributed by atoms with Gasteiger partial charge in [-0.05, 0) is 72.7 Å². The first kappa shape index (κ1) is 20.6. The van der Waals surface area contributed by atoms with Gasteiger partial charge in [-0.1, -0.05) is 66.5 Å². The van der Waals surface area contributed by atoms with Crippen LogP contribution in [0.1, 0.15) is 30.0 Å². The fourth-order valence-corrected chi connectivity index (χ4v) is 3.54. The molecule has 4 aromatic rings. The van der Waals surface area contributed by atoms with Crippen molar-refractivity contribution in [2.24, 2.45) is 0 Å². The minimum atomic E-state index is -0.337. The van der Waals surface area contributed by atoms with E-state index < -0.39 is 0 Å². The topological polar surface area (TPSA) is 0 Å². The maximum absolute atomic E-state index is 15.1. The van der Waals surface area contributed by atoms with E-state index in [-0.39, 0.29) is 11.6 Å². The molecule has 4 aromatic carbocycles. The lowest BCUT2D eigenvalue weighted by molar-refractivity contribution is 0.627. The van der Waals surface area contributed by atoms with E-state index in [0.29, 0.717) is 16.5 Å². The molecule has 0 aromatic heterocycles. The molecule has 31 heavy (non-hydrogen) atoms. The van der Waals surface area contributed by atoms with Gasteiger partial charge in [-0.25, -0.2) is 8.78 Å². The lowest BCUT2D eigenvalue weighted by Crippen LogP contribution is -1.88. The van der Waals surface area contributed by atoms with E-state index in [1.54, 1.807) is 24.3 Å². The zero-order valence-electron chi connectivity index (χ0n) is 17.3.